The molecule has 7 nitrogen and oxygen atoms in total. The van der Waals surface area contributed by atoms with Gasteiger partial charge in [0.2, 0.25) is 5.91 Å². The fourth-order valence-corrected chi connectivity index (χ4v) is 4.10. The van der Waals surface area contributed by atoms with E-state index >= 15 is 0 Å². The Morgan fingerprint density at radius 1 is 1.26 bits per heavy atom. The quantitative estimate of drug-likeness (QED) is 0.685. The average Bonchev–Trinajstić information content (AvgIpc) is 3.16. The number of likely N-dealkylation sites (tertiary alicyclic amines) is 1. The van der Waals surface area contributed by atoms with Gasteiger partial charge in [-0.25, -0.2) is 4.79 Å². The average molecular weight is 435 g/mol. The van der Waals surface area contributed by atoms with Gasteiger partial charge in [-0.3, -0.25) is 4.79 Å². The molecule has 1 heterocycles. The predicted molar refractivity (Wildman–Crippen MR) is 120 cm³/mol. The van der Waals surface area contributed by atoms with Crippen LogP contribution in [0.1, 0.15) is 64.7 Å². The molecule has 2 amide bonds. The highest BCUT2D eigenvalue weighted by Crippen LogP contribution is 2.28. The van der Waals surface area contributed by atoms with Crippen LogP contribution in [0.25, 0.3) is 0 Å². The summed E-state index contributed by atoms with van der Waals surface area (Å²) >= 11 is 0. The number of aliphatic hydroxyl groups excluding tert-OH is 1. The monoisotopic (exact) mass is 434 g/mol. The van der Waals surface area contributed by atoms with Gasteiger partial charge in [-0.15, -0.1) is 0 Å². The van der Waals surface area contributed by atoms with E-state index in [-0.39, 0.29) is 18.0 Å². The molecule has 0 radical (unpaired) electrons. The molecule has 1 aliphatic rings. The van der Waals surface area contributed by atoms with Crippen LogP contribution in [0.4, 0.5) is 4.79 Å². The van der Waals surface area contributed by atoms with E-state index in [0.29, 0.717) is 6.54 Å². The molecule has 1 fully saturated rings. The molecule has 1 aliphatic heterocycles. The van der Waals surface area contributed by atoms with Gasteiger partial charge >= 0.3 is 6.09 Å². The number of hydrogen-bond donors (Lipinski definition) is 2. The van der Waals surface area contributed by atoms with Gasteiger partial charge in [0.25, 0.3) is 0 Å². The number of nitrogens with one attached hydrogen (secondary N) is 1. The molecule has 0 bridgehead atoms. The van der Waals surface area contributed by atoms with Crippen LogP contribution in [-0.4, -0.2) is 59.5 Å². The third-order valence-corrected chi connectivity index (χ3v) is 5.71. The third-order valence-electron chi connectivity index (χ3n) is 5.71. The second-order valence-electron chi connectivity index (χ2n) is 9.53. The van der Waals surface area contributed by atoms with Crippen molar-refractivity contribution in [2.75, 3.05) is 13.7 Å². The Hall–Kier alpha value is -2.12. The molecular weight excluding hydrogens is 396 g/mol. The number of hydrogen-bond acceptors (Lipinski definition) is 5. The van der Waals surface area contributed by atoms with E-state index in [4.69, 9.17) is 9.47 Å². The predicted octanol–water partition coefficient (Wildman–Crippen LogP) is 3.58. The lowest BCUT2D eigenvalue weighted by Gasteiger charge is -2.35. The Labute approximate surface area is 186 Å². The summed E-state index contributed by atoms with van der Waals surface area (Å²) in [5, 5.41) is 13.6. The Kier molecular flexibility index (Phi) is 8.49. The van der Waals surface area contributed by atoms with E-state index in [2.05, 4.69) is 5.32 Å². The number of ether oxygens (including phenoxy) is 2. The molecule has 7 heteroatoms. The SMILES string of the molecule is CO[C@H]([C@@H](C)C(=O)N[C@H](C)[C@@H](O)c1cccc(C)c1)[C@@H]1CCCN1C(=O)OC(C)(C)C. The van der Waals surface area contributed by atoms with Crippen molar-refractivity contribution in [3.8, 4) is 0 Å². The Morgan fingerprint density at radius 3 is 2.52 bits per heavy atom. The molecule has 1 saturated heterocycles. The summed E-state index contributed by atoms with van der Waals surface area (Å²) in [6, 6.07) is 6.89. The number of amides is 2. The summed E-state index contributed by atoms with van der Waals surface area (Å²) in [7, 11) is 1.56. The number of benzene rings is 1. The Balaban J connectivity index is 2.05. The minimum atomic E-state index is -0.818. The number of rotatable bonds is 7. The van der Waals surface area contributed by atoms with Crippen LogP contribution in [0, 0.1) is 12.8 Å². The lowest BCUT2D eigenvalue weighted by molar-refractivity contribution is -0.132. The van der Waals surface area contributed by atoms with Crippen molar-refractivity contribution in [3.63, 3.8) is 0 Å². The van der Waals surface area contributed by atoms with Crippen LogP contribution in [0.5, 0.6) is 0 Å². The molecule has 1 aromatic rings. The van der Waals surface area contributed by atoms with Gasteiger partial charge in [-0.2, -0.15) is 0 Å². The summed E-state index contributed by atoms with van der Waals surface area (Å²) in [6.07, 6.45) is -0.0924. The number of aliphatic hydroxyl groups is 1. The first-order valence-corrected chi connectivity index (χ1v) is 11.0. The van der Waals surface area contributed by atoms with Crippen molar-refractivity contribution >= 4 is 12.0 Å². The zero-order chi connectivity index (χ0) is 23.3. The molecule has 174 valence electrons. The Bertz CT molecular complexity index is 761. The molecule has 0 aromatic heterocycles. The highest BCUT2D eigenvalue weighted by atomic mass is 16.6. The minimum Gasteiger partial charge on any atom is -0.444 e. The molecule has 0 aliphatic carbocycles. The zero-order valence-electron chi connectivity index (χ0n) is 19.8. The van der Waals surface area contributed by atoms with Gasteiger partial charge in [-0.05, 0) is 53.0 Å². The van der Waals surface area contributed by atoms with Crippen LogP contribution < -0.4 is 5.32 Å². The zero-order valence-corrected chi connectivity index (χ0v) is 19.8. The highest BCUT2D eigenvalue weighted by molar-refractivity contribution is 5.79. The van der Waals surface area contributed by atoms with Crippen LogP contribution >= 0.6 is 0 Å². The Morgan fingerprint density at radius 2 is 1.94 bits per heavy atom. The normalized spacial score (nSPS) is 20.6. The molecule has 0 saturated carbocycles. The molecule has 5 atom stereocenters. The lowest BCUT2D eigenvalue weighted by Crippen LogP contribution is -2.51. The fraction of sp³-hybridized carbons (Fsp3) is 0.667. The first kappa shape index (κ1) is 25.1. The second-order valence-corrected chi connectivity index (χ2v) is 9.53. The van der Waals surface area contributed by atoms with Gasteiger partial charge < -0.3 is 24.8 Å². The van der Waals surface area contributed by atoms with Gasteiger partial charge in [0.1, 0.15) is 5.60 Å². The number of nitrogens with zero attached hydrogens (tertiary/aromatic N) is 1. The van der Waals surface area contributed by atoms with Gasteiger partial charge in [0, 0.05) is 13.7 Å². The lowest BCUT2D eigenvalue weighted by atomic mass is 9.94. The number of methoxy groups -OCH3 is 1. The largest absolute Gasteiger partial charge is 0.444 e. The van der Waals surface area contributed by atoms with E-state index < -0.39 is 29.8 Å². The van der Waals surface area contributed by atoms with E-state index in [1.165, 1.54) is 0 Å². The second kappa shape index (κ2) is 10.5. The third kappa shape index (κ3) is 6.68. The first-order chi connectivity index (χ1) is 14.4. The molecule has 1 aromatic carbocycles. The van der Waals surface area contributed by atoms with Gasteiger partial charge in [-0.1, -0.05) is 36.8 Å². The van der Waals surface area contributed by atoms with Crippen LogP contribution in [0.15, 0.2) is 24.3 Å². The van der Waals surface area contributed by atoms with E-state index in [1.807, 2.05) is 52.0 Å². The van der Waals surface area contributed by atoms with E-state index in [9.17, 15) is 14.7 Å². The molecule has 31 heavy (non-hydrogen) atoms. The summed E-state index contributed by atoms with van der Waals surface area (Å²) in [6.45, 7) is 11.6. The fourth-order valence-electron chi connectivity index (χ4n) is 4.10. The van der Waals surface area contributed by atoms with Crippen LogP contribution in [0.2, 0.25) is 0 Å². The van der Waals surface area contributed by atoms with Crippen LogP contribution in [-0.2, 0) is 14.3 Å². The maximum Gasteiger partial charge on any atom is 0.410 e. The van der Waals surface area contributed by atoms with Crippen molar-refractivity contribution in [1.82, 2.24) is 10.2 Å². The highest BCUT2D eigenvalue weighted by Gasteiger charge is 2.41. The number of carbonyl (C=O) groups excluding carboxylic acids is 2. The van der Waals surface area contributed by atoms with Crippen molar-refractivity contribution < 1.29 is 24.2 Å². The maximum atomic E-state index is 13.0. The topological polar surface area (TPSA) is 88.1 Å². The van der Waals surface area contributed by atoms with Crippen molar-refractivity contribution in [2.45, 2.75) is 84.3 Å². The molecule has 0 unspecified atom stereocenters. The van der Waals surface area contributed by atoms with Gasteiger partial charge in [0.05, 0.1) is 30.2 Å². The molecule has 2 N–H and O–H groups in total. The van der Waals surface area contributed by atoms with Gasteiger partial charge in [0.15, 0.2) is 0 Å². The maximum absolute atomic E-state index is 13.0. The minimum absolute atomic E-state index is 0.220. The van der Waals surface area contributed by atoms with Crippen molar-refractivity contribution in [2.24, 2.45) is 5.92 Å². The van der Waals surface area contributed by atoms with E-state index in [1.54, 1.807) is 25.9 Å². The summed E-state index contributed by atoms with van der Waals surface area (Å²) in [5.41, 5.74) is 1.22. The molecular formula is C24H38N2O5. The van der Waals surface area contributed by atoms with E-state index in [0.717, 1.165) is 24.0 Å². The first-order valence-electron chi connectivity index (χ1n) is 11.0. The number of carbonyl (C=O) groups is 2. The number of aryl methyl sites for hydroxylation is 1. The van der Waals surface area contributed by atoms with Crippen molar-refractivity contribution in [1.29, 1.82) is 0 Å². The summed E-state index contributed by atoms with van der Waals surface area (Å²) in [4.78, 5) is 27.3. The summed E-state index contributed by atoms with van der Waals surface area (Å²) < 4.78 is 11.2. The molecule has 0 spiro atoms. The molecule has 2 rings (SSSR count). The summed E-state index contributed by atoms with van der Waals surface area (Å²) in [5.74, 6) is -0.729. The standard InChI is InChI=1S/C24H38N2O5/c1-15-10-8-11-18(14-15)20(27)17(3)25-22(28)16(2)21(30-7)19-12-9-13-26(19)23(29)31-24(4,5)6/h8,10-11,14,16-17,19-21,27H,9,12-13H2,1-7H3,(H,25,28)/t16-,17-,19+,20-,21-/m1/s1. The van der Waals surface area contributed by atoms with Crippen molar-refractivity contribution in [3.05, 3.63) is 35.4 Å². The smallest absolute Gasteiger partial charge is 0.410 e. The van der Waals surface area contributed by atoms with Crippen LogP contribution in [0.3, 0.4) is 0 Å².